The molecule has 15 heavy (non-hydrogen) atoms. The number of halogens is 1. The Bertz CT molecular complexity index is 410. The summed E-state index contributed by atoms with van der Waals surface area (Å²) >= 11 is 5.64. The molecule has 1 atom stereocenters. The maximum absolute atomic E-state index is 11.5. The Hall–Kier alpha value is -1.35. The highest BCUT2D eigenvalue weighted by molar-refractivity contribution is 6.33. The lowest BCUT2D eigenvalue weighted by molar-refractivity contribution is 0.0696. The molecule has 0 spiro atoms. The van der Waals surface area contributed by atoms with Crippen LogP contribution in [0.25, 0.3) is 0 Å². The Morgan fingerprint density at radius 3 is 2.47 bits per heavy atom. The highest BCUT2D eigenvalue weighted by atomic mass is 35.5. The lowest BCUT2D eigenvalue weighted by Gasteiger charge is -2.05. The van der Waals surface area contributed by atoms with Gasteiger partial charge < -0.3 is 5.11 Å². The number of hydrogen-bond acceptors (Lipinski definition) is 2. The molecule has 0 amide bonds. The molecule has 0 saturated carbocycles. The molecule has 0 radical (unpaired) electrons. The summed E-state index contributed by atoms with van der Waals surface area (Å²) < 4.78 is 0. The van der Waals surface area contributed by atoms with Gasteiger partial charge in [0.1, 0.15) is 0 Å². The number of benzene rings is 1. The second kappa shape index (κ2) is 4.45. The van der Waals surface area contributed by atoms with Crippen LogP contribution >= 0.6 is 11.6 Å². The average Bonchev–Trinajstić information content (AvgIpc) is 2.16. The second-order valence-electron chi connectivity index (χ2n) is 3.32. The van der Waals surface area contributed by atoms with Gasteiger partial charge in [-0.05, 0) is 25.5 Å². The molecule has 1 aromatic carbocycles. The summed E-state index contributed by atoms with van der Waals surface area (Å²) in [5.41, 5.74) is 1.10. The van der Waals surface area contributed by atoms with Gasteiger partial charge in [0, 0.05) is 5.56 Å². The van der Waals surface area contributed by atoms with Crippen molar-refractivity contribution >= 4 is 23.4 Å². The van der Waals surface area contributed by atoms with E-state index in [2.05, 4.69) is 0 Å². The van der Waals surface area contributed by atoms with Gasteiger partial charge in [-0.2, -0.15) is 0 Å². The van der Waals surface area contributed by atoms with E-state index in [0.717, 1.165) is 0 Å². The van der Waals surface area contributed by atoms with Gasteiger partial charge >= 0.3 is 5.97 Å². The molecule has 1 unspecified atom stereocenters. The van der Waals surface area contributed by atoms with Crippen LogP contribution in [0.2, 0.25) is 0 Å². The van der Waals surface area contributed by atoms with E-state index in [1.54, 1.807) is 26.0 Å². The molecule has 0 saturated heterocycles. The lowest BCUT2D eigenvalue weighted by Crippen LogP contribution is -2.12. The molecule has 4 heteroatoms. The van der Waals surface area contributed by atoms with Crippen molar-refractivity contribution < 1.29 is 14.7 Å². The lowest BCUT2D eigenvalue weighted by atomic mass is 10.0. The molecular formula is C11H11ClO3. The number of alkyl halides is 1. The van der Waals surface area contributed by atoms with Crippen molar-refractivity contribution in [1.29, 1.82) is 0 Å². The first-order valence-corrected chi connectivity index (χ1v) is 4.89. The van der Waals surface area contributed by atoms with Gasteiger partial charge in [-0.15, -0.1) is 11.6 Å². The number of Topliss-reactive ketones (excluding diaryl/α,β-unsaturated/α-hetero) is 1. The van der Waals surface area contributed by atoms with E-state index >= 15 is 0 Å². The monoisotopic (exact) mass is 226 g/mol. The summed E-state index contributed by atoms with van der Waals surface area (Å²) in [6.07, 6.45) is 0. The van der Waals surface area contributed by atoms with Gasteiger partial charge in [-0.1, -0.05) is 12.1 Å². The van der Waals surface area contributed by atoms with Crippen LogP contribution in [0.1, 0.15) is 33.2 Å². The van der Waals surface area contributed by atoms with Crippen LogP contribution in [0.5, 0.6) is 0 Å². The van der Waals surface area contributed by atoms with E-state index in [-0.39, 0.29) is 11.3 Å². The van der Waals surface area contributed by atoms with Gasteiger partial charge in [0.15, 0.2) is 5.78 Å². The number of ketones is 1. The highest BCUT2D eigenvalue weighted by Crippen LogP contribution is 2.14. The zero-order chi connectivity index (χ0) is 11.6. The first-order chi connectivity index (χ1) is 6.93. The largest absolute Gasteiger partial charge is 0.478 e. The van der Waals surface area contributed by atoms with Crippen molar-refractivity contribution in [3.63, 3.8) is 0 Å². The molecule has 1 N–H and O–H groups in total. The van der Waals surface area contributed by atoms with E-state index in [1.807, 2.05) is 0 Å². The zero-order valence-corrected chi connectivity index (χ0v) is 9.21. The minimum atomic E-state index is -1.04. The Balaban J connectivity index is 3.19. The quantitative estimate of drug-likeness (QED) is 0.637. The Morgan fingerprint density at radius 2 is 2.00 bits per heavy atom. The van der Waals surface area contributed by atoms with Crippen molar-refractivity contribution in [3.05, 3.63) is 34.9 Å². The molecule has 0 bridgehead atoms. The number of carbonyl (C=O) groups excluding carboxylic acids is 1. The number of carboxylic acid groups (broad SMARTS) is 1. The van der Waals surface area contributed by atoms with Crippen molar-refractivity contribution in [2.45, 2.75) is 19.2 Å². The van der Waals surface area contributed by atoms with E-state index < -0.39 is 11.3 Å². The maximum Gasteiger partial charge on any atom is 0.335 e. The molecular weight excluding hydrogens is 216 g/mol. The van der Waals surface area contributed by atoms with Crippen molar-refractivity contribution in [3.8, 4) is 0 Å². The van der Waals surface area contributed by atoms with Crippen LogP contribution in [0.15, 0.2) is 18.2 Å². The third kappa shape index (κ3) is 2.57. The number of rotatable bonds is 3. The first-order valence-electron chi connectivity index (χ1n) is 4.45. The van der Waals surface area contributed by atoms with Crippen LogP contribution in [0.3, 0.4) is 0 Å². The number of aryl methyl sites for hydroxylation is 1. The van der Waals surface area contributed by atoms with Gasteiger partial charge in [-0.3, -0.25) is 4.79 Å². The second-order valence-corrected chi connectivity index (χ2v) is 3.97. The molecule has 0 heterocycles. The smallest absolute Gasteiger partial charge is 0.335 e. The number of carboxylic acids is 1. The first kappa shape index (κ1) is 11.7. The molecule has 0 aromatic heterocycles. The van der Waals surface area contributed by atoms with Gasteiger partial charge in [0.25, 0.3) is 0 Å². The topological polar surface area (TPSA) is 54.4 Å². The molecule has 3 nitrogen and oxygen atoms in total. The average molecular weight is 227 g/mol. The molecule has 0 aliphatic heterocycles. The Kier molecular flexibility index (Phi) is 3.48. The van der Waals surface area contributed by atoms with E-state index in [0.29, 0.717) is 11.1 Å². The van der Waals surface area contributed by atoms with Gasteiger partial charge in [0.2, 0.25) is 0 Å². The molecule has 1 aromatic rings. The van der Waals surface area contributed by atoms with Crippen LogP contribution < -0.4 is 0 Å². The van der Waals surface area contributed by atoms with Crippen molar-refractivity contribution in [1.82, 2.24) is 0 Å². The van der Waals surface area contributed by atoms with E-state index in [9.17, 15) is 9.59 Å². The summed E-state index contributed by atoms with van der Waals surface area (Å²) in [4.78, 5) is 22.3. The predicted octanol–water partition coefficient (Wildman–Crippen LogP) is 2.50. The molecule has 0 aliphatic carbocycles. The van der Waals surface area contributed by atoms with Crippen molar-refractivity contribution in [2.24, 2.45) is 0 Å². The van der Waals surface area contributed by atoms with Crippen LogP contribution in [-0.2, 0) is 0 Å². The van der Waals surface area contributed by atoms with Crippen molar-refractivity contribution in [2.75, 3.05) is 0 Å². The summed E-state index contributed by atoms with van der Waals surface area (Å²) in [5, 5.41) is 8.22. The van der Waals surface area contributed by atoms with Gasteiger partial charge in [0.05, 0.1) is 10.9 Å². The third-order valence-electron chi connectivity index (χ3n) is 2.11. The summed E-state index contributed by atoms with van der Waals surface area (Å²) in [7, 11) is 0. The minimum absolute atomic E-state index is 0.137. The predicted molar refractivity (Wildman–Crippen MR) is 57.8 cm³/mol. The highest BCUT2D eigenvalue weighted by Gasteiger charge is 2.15. The van der Waals surface area contributed by atoms with Crippen LogP contribution in [-0.4, -0.2) is 22.2 Å². The maximum atomic E-state index is 11.5. The SMILES string of the molecule is Cc1ccc(C(=O)C(C)Cl)cc1C(=O)O. The fraction of sp³-hybridized carbons (Fsp3) is 0.273. The molecule has 0 aliphatic rings. The number of aromatic carboxylic acids is 1. The summed E-state index contributed by atoms with van der Waals surface area (Å²) in [6, 6.07) is 4.55. The normalized spacial score (nSPS) is 12.2. The fourth-order valence-electron chi connectivity index (χ4n) is 1.24. The summed E-state index contributed by atoms with van der Waals surface area (Å²) in [5.74, 6) is -1.30. The standard InChI is InChI=1S/C11H11ClO3/c1-6-3-4-8(10(13)7(2)12)5-9(6)11(14)15/h3-5,7H,1-2H3,(H,14,15). The Labute approximate surface area is 92.7 Å². The summed E-state index contributed by atoms with van der Waals surface area (Å²) in [6.45, 7) is 3.24. The minimum Gasteiger partial charge on any atom is -0.478 e. The van der Waals surface area contributed by atoms with Gasteiger partial charge in [-0.25, -0.2) is 4.79 Å². The van der Waals surface area contributed by atoms with E-state index in [4.69, 9.17) is 16.7 Å². The van der Waals surface area contributed by atoms with Crippen LogP contribution in [0, 0.1) is 6.92 Å². The van der Waals surface area contributed by atoms with E-state index in [1.165, 1.54) is 6.07 Å². The Morgan fingerprint density at radius 1 is 1.40 bits per heavy atom. The molecule has 0 fully saturated rings. The third-order valence-corrected chi connectivity index (χ3v) is 2.31. The molecule has 1 rings (SSSR count). The zero-order valence-electron chi connectivity index (χ0n) is 8.45. The van der Waals surface area contributed by atoms with Crippen LogP contribution in [0.4, 0.5) is 0 Å². The fourth-order valence-corrected chi connectivity index (χ4v) is 1.36. The molecule has 80 valence electrons. The number of carbonyl (C=O) groups is 2. The number of hydrogen-bond donors (Lipinski definition) is 1.